The summed E-state index contributed by atoms with van der Waals surface area (Å²) in [6.07, 6.45) is 0.0764. The van der Waals surface area contributed by atoms with Crippen LogP contribution < -0.4 is 15.1 Å². The molecule has 1 aliphatic carbocycles. The maximum Gasteiger partial charge on any atom is 0.433 e. The fourth-order valence-corrected chi connectivity index (χ4v) is 4.47. The van der Waals surface area contributed by atoms with Crippen LogP contribution in [0.2, 0.25) is 0 Å². The van der Waals surface area contributed by atoms with Gasteiger partial charge in [-0.1, -0.05) is 0 Å². The molecule has 1 aliphatic heterocycles. The van der Waals surface area contributed by atoms with Gasteiger partial charge in [0, 0.05) is 43.9 Å². The fraction of sp³-hybridized carbons (Fsp3) is 0.522. The molecule has 0 unspecified atom stereocenters. The van der Waals surface area contributed by atoms with E-state index in [1.54, 1.807) is 16.8 Å². The molecule has 0 radical (unpaired) electrons. The molecule has 1 aromatic heterocycles. The lowest BCUT2D eigenvalue weighted by molar-refractivity contribution is -0.141. The molecule has 10 heteroatoms. The molecule has 2 aliphatic rings. The molecule has 178 valence electrons. The molecular formula is C23H27F4N5O. The highest BCUT2D eigenvalue weighted by Gasteiger charge is 2.36. The Hall–Kier alpha value is -2.91. The van der Waals surface area contributed by atoms with Crippen LogP contribution in [0.3, 0.4) is 0 Å². The predicted octanol–water partition coefficient (Wildman–Crippen LogP) is 4.41. The lowest BCUT2D eigenvalue weighted by atomic mass is 9.90. The maximum atomic E-state index is 13.5. The molecule has 0 spiro atoms. The summed E-state index contributed by atoms with van der Waals surface area (Å²) in [5.41, 5.74) is -0.535. The van der Waals surface area contributed by atoms with Crippen LogP contribution in [-0.4, -0.2) is 48.1 Å². The molecule has 1 aromatic carbocycles. The third-order valence-corrected chi connectivity index (χ3v) is 6.43. The number of nitrogens with one attached hydrogen (secondary N) is 1. The highest BCUT2D eigenvalue weighted by atomic mass is 19.4. The van der Waals surface area contributed by atoms with Crippen molar-refractivity contribution in [1.82, 2.24) is 15.3 Å². The van der Waals surface area contributed by atoms with Crippen LogP contribution in [0.1, 0.15) is 54.6 Å². The number of alkyl halides is 3. The molecule has 2 heterocycles. The first-order valence-corrected chi connectivity index (χ1v) is 11.2. The Morgan fingerprint density at radius 1 is 1.06 bits per heavy atom. The first kappa shape index (κ1) is 23.3. The Kier molecular flexibility index (Phi) is 6.71. The van der Waals surface area contributed by atoms with Gasteiger partial charge in [-0.25, -0.2) is 9.37 Å². The zero-order valence-corrected chi connectivity index (χ0v) is 18.4. The number of carbonyl (C=O) groups is 1. The molecule has 0 bridgehead atoms. The summed E-state index contributed by atoms with van der Waals surface area (Å²) in [7, 11) is 1.76. The minimum atomic E-state index is -4.55. The van der Waals surface area contributed by atoms with Gasteiger partial charge in [0.2, 0.25) is 5.95 Å². The summed E-state index contributed by atoms with van der Waals surface area (Å²) in [5.74, 6) is -0.267. The van der Waals surface area contributed by atoms with Gasteiger partial charge in [0.25, 0.3) is 5.91 Å². The van der Waals surface area contributed by atoms with Crippen LogP contribution in [0.25, 0.3) is 0 Å². The van der Waals surface area contributed by atoms with Crippen molar-refractivity contribution in [3.8, 4) is 0 Å². The molecule has 0 atom stereocenters. The van der Waals surface area contributed by atoms with Gasteiger partial charge in [0.05, 0.1) is 0 Å². The van der Waals surface area contributed by atoms with Gasteiger partial charge in [0.15, 0.2) is 5.69 Å². The minimum Gasteiger partial charge on any atom is -0.357 e. The number of benzene rings is 1. The van der Waals surface area contributed by atoms with Crippen LogP contribution in [0.15, 0.2) is 30.3 Å². The van der Waals surface area contributed by atoms with Crippen molar-refractivity contribution in [3.05, 3.63) is 47.4 Å². The predicted molar refractivity (Wildman–Crippen MR) is 117 cm³/mol. The highest BCUT2D eigenvalue weighted by molar-refractivity contribution is 5.94. The second-order valence-corrected chi connectivity index (χ2v) is 8.70. The number of carbonyl (C=O) groups excluding carboxylic acids is 1. The number of halogens is 4. The lowest BCUT2D eigenvalue weighted by Gasteiger charge is -2.36. The first-order valence-electron chi connectivity index (χ1n) is 11.2. The molecule has 2 aromatic rings. The number of nitrogens with zero attached hydrogens (tertiary/aromatic N) is 4. The van der Waals surface area contributed by atoms with Gasteiger partial charge >= 0.3 is 6.18 Å². The Morgan fingerprint density at radius 2 is 1.70 bits per heavy atom. The SMILES string of the molecule is CN(c1cc(C(F)(F)F)nc(N2CCCC2)n1)[C@H]1CC[C@@H](NC(=O)c2ccc(F)cc2)CC1. The number of amides is 1. The van der Waals surface area contributed by atoms with Gasteiger partial charge in [0.1, 0.15) is 11.6 Å². The highest BCUT2D eigenvalue weighted by Crippen LogP contribution is 2.33. The second kappa shape index (κ2) is 9.52. The number of anilines is 2. The molecule has 1 saturated carbocycles. The van der Waals surface area contributed by atoms with Crippen LogP contribution in [0, 0.1) is 5.82 Å². The number of hydrogen-bond donors (Lipinski definition) is 1. The largest absolute Gasteiger partial charge is 0.433 e. The average molecular weight is 465 g/mol. The summed E-state index contributed by atoms with van der Waals surface area (Å²) in [6, 6.07) is 6.35. The summed E-state index contributed by atoms with van der Waals surface area (Å²) >= 11 is 0. The smallest absolute Gasteiger partial charge is 0.357 e. The topological polar surface area (TPSA) is 61.4 Å². The quantitative estimate of drug-likeness (QED) is 0.663. The van der Waals surface area contributed by atoms with E-state index in [9.17, 15) is 22.4 Å². The normalized spacial score (nSPS) is 21.2. The van der Waals surface area contributed by atoms with Crippen molar-refractivity contribution >= 4 is 17.7 Å². The van der Waals surface area contributed by atoms with Crippen molar-refractivity contribution in [1.29, 1.82) is 0 Å². The monoisotopic (exact) mass is 465 g/mol. The Balaban J connectivity index is 1.41. The third kappa shape index (κ3) is 5.54. The van der Waals surface area contributed by atoms with E-state index in [1.807, 2.05) is 0 Å². The van der Waals surface area contributed by atoms with Gasteiger partial charge in [-0.15, -0.1) is 0 Å². The standard InChI is InChI=1S/C23H27F4N5O/c1-31(20-14-19(23(25,26)27)29-22(30-20)32-12-2-3-13-32)18-10-8-17(9-11-18)28-21(33)15-4-6-16(24)7-5-15/h4-7,14,17-18H,2-3,8-13H2,1H3,(H,28,33)/t17-,18+. The lowest BCUT2D eigenvalue weighted by Crippen LogP contribution is -2.43. The molecule has 1 saturated heterocycles. The van der Waals surface area contributed by atoms with Crippen LogP contribution >= 0.6 is 0 Å². The molecular weight excluding hydrogens is 438 g/mol. The van der Waals surface area contributed by atoms with E-state index < -0.39 is 17.7 Å². The maximum absolute atomic E-state index is 13.5. The van der Waals surface area contributed by atoms with E-state index in [1.165, 1.54) is 24.3 Å². The summed E-state index contributed by atoms with van der Waals surface area (Å²) in [4.78, 5) is 24.2. The van der Waals surface area contributed by atoms with Crippen molar-refractivity contribution < 1.29 is 22.4 Å². The van der Waals surface area contributed by atoms with Crippen molar-refractivity contribution in [2.24, 2.45) is 0 Å². The van der Waals surface area contributed by atoms with Gasteiger partial charge in [-0.05, 0) is 62.8 Å². The molecule has 6 nitrogen and oxygen atoms in total. The van der Waals surface area contributed by atoms with E-state index in [-0.39, 0.29) is 29.8 Å². The van der Waals surface area contributed by atoms with Crippen molar-refractivity contribution in [2.75, 3.05) is 29.9 Å². The number of aromatic nitrogens is 2. The Morgan fingerprint density at radius 3 is 2.30 bits per heavy atom. The number of hydrogen-bond acceptors (Lipinski definition) is 5. The van der Waals surface area contributed by atoms with E-state index >= 15 is 0 Å². The summed E-state index contributed by atoms with van der Waals surface area (Å²) in [5, 5.41) is 2.97. The van der Waals surface area contributed by atoms with Crippen LogP contribution in [0.5, 0.6) is 0 Å². The molecule has 2 fully saturated rings. The Labute approximate surface area is 190 Å². The molecule has 1 amide bonds. The Bertz CT molecular complexity index is 968. The van der Waals surface area contributed by atoms with Gasteiger partial charge < -0.3 is 15.1 Å². The van der Waals surface area contributed by atoms with Gasteiger partial charge in [-0.2, -0.15) is 18.2 Å². The molecule has 1 N–H and O–H groups in total. The molecule has 33 heavy (non-hydrogen) atoms. The average Bonchev–Trinajstić information content (AvgIpc) is 3.34. The first-order chi connectivity index (χ1) is 15.7. The fourth-order valence-electron chi connectivity index (χ4n) is 4.47. The van der Waals surface area contributed by atoms with Crippen molar-refractivity contribution in [2.45, 2.75) is 56.8 Å². The minimum absolute atomic E-state index is 0.00591. The van der Waals surface area contributed by atoms with E-state index in [0.717, 1.165) is 18.9 Å². The van der Waals surface area contributed by atoms with E-state index in [4.69, 9.17) is 0 Å². The van der Waals surface area contributed by atoms with Gasteiger partial charge in [-0.3, -0.25) is 4.79 Å². The van der Waals surface area contributed by atoms with Crippen molar-refractivity contribution in [3.63, 3.8) is 0 Å². The summed E-state index contributed by atoms with van der Waals surface area (Å²) < 4.78 is 53.5. The zero-order valence-electron chi connectivity index (χ0n) is 18.4. The summed E-state index contributed by atoms with van der Waals surface area (Å²) in [6.45, 7) is 1.31. The third-order valence-electron chi connectivity index (χ3n) is 6.43. The second-order valence-electron chi connectivity index (χ2n) is 8.70. The van der Waals surface area contributed by atoms with Crippen LogP contribution in [-0.2, 0) is 6.18 Å². The zero-order chi connectivity index (χ0) is 23.6. The number of rotatable bonds is 5. The van der Waals surface area contributed by atoms with E-state index in [2.05, 4.69) is 15.3 Å². The van der Waals surface area contributed by atoms with E-state index in [0.29, 0.717) is 44.3 Å². The van der Waals surface area contributed by atoms with Crippen LogP contribution in [0.4, 0.5) is 29.3 Å². The molecule has 4 rings (SSSR count).